The number of aromatic nitrogens is 1. The molecular formula is C22H19ClF5N3O7S. The molecule has 0 aliphatic rings. The summed E-state index contributed by atoms with van der Waals surface area (Å²) >= 11 is 5.88. The van der Waals surface area contributed by atoms with Crippen molar-refractivity contribution in [3.8, 4) is 0 Å². The van der Waals surface area contributed by atoms with Gasteiger partial charge in [-0.1, -0.05) is 23.7 Å². The summed E-state index contributed by atoms with van der Waals surface area (Å²) < 4.78 is 106. The molecule has 0 saturated carbocycles. The van der Waals surface area contributed by atoms with Crippen LogP contribution in [-0.2, 0) is 30.5 Å². The Morgan fingerprint density at radius 1 is 1.03 bits per heavy atom. The zero-order valence-corrected chi connectivity index (χ0v) is 22.0. The molecule has 1 amide bonds. The van der Waals surface area contributed by atoms with E-state index in [9.17, 15) is 44.8 Å². The highest BCUT2D eigenvalue weighted by molar-refractivity contribution is 7.90. The molecule has 0 saturated heterocycles. The molecule has 39 heavy (non-hydrogen) atoms. The molecule has 0 spiro atoms. The highest BCUT2D eigenvalue weighted by Gasteiger charge is 2.45. The first-order valence-corrected chi connectivity index (χ1v) is 12.1. The zero-order chi connectivity index (χ0) is 29.9. The SMILES string of the molecule is COC(=O)c1c(C(F)F)nc(C(F)(F)F)c(C(=O)OC)c1/C(=C/N(C)C)C(=O)NS(=O)(=O)c1ccccc1Cl. The maximum atomic E-state index is 14.0. The van der Waals surface area contributed by atoms with Gasteiger partial charge in [-0.25, -0.2) is 36.5 Å². The lowest BCUT2D eigenvalue weighted by molar-refractivity contribution is -0.142. The molecule has 2 rings (SSSR count). The van der Waals surface area contributed by atoms with Crippen LogP contribution in [0.5, 0.6) is 0 Å². The fraction of sp³-hybridized carbons (Fsp3) is 0.273. The quantitative estimate of drug-likeness (QED) is 0.274. The van der Waals surface area contributed by atoms with E-state index >= 15 is 0 Å². The number of ether oxygens (including phenoxy) is 2. The van der Waals surface area contributed by atoms with E-state index in [1.807, 2.05) is 0 Å². The van der Waals surface area contributed by atoms with Crippen LogP contribution in [0.15, 0.2) is 35.4 Å². The van der Waals surface area contributed by atoms with Gasteiger partial charge in [0.2, 0.25) is 0 Å². The van der Waals surface area contributed by atoms with Crippen molar-refractivity contribution in [2.45, 2.75) is 17.5 Å². The third-order valence-electron chi connectivity index (χ3n) is 4.73. The molecular weight excluding hydrogens is 581 g/mol. The van der Waals surface area contributed by atoms with E-state index in [0.29, 0.717) is 20.4 Å². The third kappa shape index (κ3) is 6.81. The lowest BCUT2D eigenvalue weighted by Crippen LogP contribution is -2.34. The molecule has 0 aliphatic heterocycles. The Balaban J connectivity index is 3.08. The predicted octanol–water partition coefficient (Wildman–Crippen LogP) is 3.67. The van der Waals surface area contributed by atoms with Gasteiger partial charge in [-0.2, -0.15) is 13.2 Å². The number of carbonyl (C=O) groups excluding carboxylic acids is 3. The minimum absolute atomic E-state index is 0.343. The molecule has 212 valence electrons. The Bertz CT molecular complexity index is 1440. The summed E-state index contributed by atoms with van der Waals surface area (Å²) in [5.41, 5.74) is -9.52. The molecule has 10 nitrogen and oxygen atoms in total. The van der Waals surface area contributed by atoms with E-state index in [4.69, 9.17) is 11.6 Å². The fourth-order valence-electron chi connectivity index (χ4n) is 3.24. The van der Waals surface area contributed by atoms with Crippen LogP contribution in [0, 0.1) is 0 Å². The normalized spacial score (nSPS) is 12.2. The molecule has 1 heterocycles. The molecule has 1 aromatic carbocycles. The van der Waals surface area contributed by atoms with Crippen LogP contribution < -0.4 is 4.72 Å². The van der Waals surface area contributed by atoms with Gasteiger partial charge in [-0.05, 0) is 12.1 Å². The van der Waals surface area contributed by atoms with Crippen molar-refractivity contribution in [1.29, 1.82) is 0 Å². The van der Waals surface area contributed by atoms with Crippen LogP contribution in [0.25, 0.3) is 5.57 Å². The molecule has 1 N–H and O–H groups in total. The van der Waals surface area contributed by atoms with Gasteiger partial charge in [0.1, 0.15) is 10.6 Å². The highest BCUT2D eigenvalue weighted by Crippen LogP contribution is 2.40. The Morgan fingerprint density at radius 3 is 2.03 bits per heavy atom. The number of rotatable bonds is 8. The largest absolute Gasteiger partial charge is 0.465 e. The van der Waals surface area contributed by atoms with Crippen molar-refractivity contribution in [3.05, 3.63) is 63.6 Å². The van der Waals surface area contributed by atoms with E-state index in [-0.39, 0.29) is 5.02 Å². The number of nitrogens with one attached hydrogen (secondary N) is 1. The summed E-state index contributed by atoms with van der Waals surface area (Å²) in [4.78, 5) is 41.7. The van der Waals surface area contributed by atoms with Crippen LogP contribution in [-0.4, -0.2) is 64.5 Å². The van der Waals surface area contributed by atoms with Crippen LogP contribution in [0.4, 0.5) is 22.0 Å². The van der Waals surface area contributed by atoms with Crippen LogP contribution in [0.3, 0.4) is 0 Å². The predicted molar refractivity (Wildman–Crippen MR) is 125 cm³/mol. The summed E-state index contributed by atoms with van der Waals surface area (Å²) in [6, 6.07) is 4.78. The van der Waals surface area contributed by atoms with E-state index in [2.05, 4.69) is 14.5 Å². The smallest absolute Gasteiger partial charge is 0.434 e. The van der Waals surface area contributed by atoms with Gasteiger partial charge in [0.05, 0.1) is 35.9 Å². The Labute approximate surface area is 223 Å². The number of hydrogen-bond donors (Lipinski definition) is 1. The van der Waals surface area contributed by atoms with E-state index < -0.39 is 79.0 Å². The number of benzene rings is 1. The van der Waals surface area contributed by atoms with E-state index in [0.717, 1.165) is 17.0 Å². The molecule has 2 aromatic rings. The number of amides is 1. The first-order chi connectivity index (χ1) is 18.0. The summed E-state index contributed by atoms with van der Waals surface area (Å²) in [7, 11) is -1.05. The average molecular weight is 600 g/mol. The highest BCUT2D eigenvalue weighted by atomic mass is 35.5. The third-order valence-corrected chi connectivity index (χ3v) is 6.56. The lowest BCUT2D eigenvalue weighted by atomic mass is 9.91. The number of carbonyl (C=O) groups is 3. The Hall–Kier alpha value is -3.79. The topological polar surface area (TPSA) is 132 Å². The van der Waals surface area contributed by atoms with E-state index in [1.54, 1.807) is 4.72 Å². The summed E-state index contributed by atoms with van der Waals surface area (Å²) in [6.07, 6.45) is -8.73. The molecule has 0 unspecified atom stereocenters. The number of halogens is 6. The number of pyridine rings is 1. The van der Waals surface area contributed by atoms with Crippen LogP contribution in [0.2, 0.25) is 5.02 Å². The van der Waals surface area contributed by atoms with Crippen molar-refractivity contribution in [2.75, 3.05) is 28.3 Å². The number of hydrogen-bond acceptors (Lipinski definition) is 9. The van der Waals surface area contributed by atoms with Crippen molar-refractivity contribution >= 4 is 45.0 Å². The Kier molecular flexibility index (Phi) is 9.62. The van der Waals surface area contributed by atoms with Crippen molar-refractivity contribution in [2.24, 2.45) is 0 Å². The minimum Gasteiger partial charge on any atom is -0.465 e. The molecule has 0 fully saturated rings. The molecule has 0 aliphatic carbocycles. The number of esters is 2. The number of nitrogens with zero attached hydrogens (tertiary/aromatic N) is 2. The van der Waals surface area contributed by atoms with Crippen molar-refractivity contribution in [3.63, 3.8) is 0 Å². The minimum atomic E-state index is -5.58. The van der Waals surface area contributed by atoms with Gasteiger partial charge in [-0.15, -0.1) is 0 Å². The maximum absolute atomic E-state index is 14.0. The number of sulfonamides is 1. The van der Waals surface area contributed by atoms with Crippen molar-refractivity contribution < 1.29 is 54.2 Å². The molecule has 0 bridgehead atoms. The molecule has 17 heteroatoms. The fourth-order valence-corrected chi connectivity index (χ4v) is 4.72. The van der Waals surface area contributed by atoms with Gasteiger partial charge in [0.25, 0.3) is 22.4 Å². The monoisotopic (exact) mass is 599 g/mol. The van der Waals surface area contributed by atoms with Gasteiger partial charge in [-0.3, -0.25) is 4.79 Å². The van der Waals surface area contributed by atoms with Crippen LogP contribution >= 0.6 is 11.6 Å². The van der Waals surface area contributed by atoms with Gasteiger partial charge in [0, 0.05) is 25.9 Å². The zero-order valence-electron chi connectivity index (χ0n) is 20.4. The van der Waals surface area contributed by atoms with Gasteiger partial charge < -0.3 is 14.4 Å². The standard InChI is InChI=1S/C22H19ClF5N3O7S/c1-31(2)9-10(19(32)30-39(35,36)12-8-6-5-7-11(12)23)13-14(20(33)37-3)16(18(24)25)29-17(22(26,27)28)15(13)21(34)38-4/h5-9,18H,1-4H3,(H,30,32)/b10-9-. The summed E-state index contributed by atoms with van der Waals surface area (Å²) in [5, 5.41) is -0.343. The first kappa shape index (κ1) is 31.4. The molecule has 0 atom stereocenters. The molecule has 0 radical (unpaired) electrons. The lowest BCUT2D eigenvalue weighted by Gasteiger charge is -2.22. The average Bonchev–Trinajstić information content (AvgIpc) is 2.84. The number of alkyl halides is 5. The summed E-state index contributed by atoms with van der Waals surface area (Å²) in [5.74, 6) is -5.27. The Morgan fingerprint density at radius 2 is 1.56 bits per heavy atom. The molecule has 1 aromatic heterocycles. The van der Waals surface area contributed by atoms with Crippen molar-refractivity contribution in [1.82, 2.24) is 14.6 Å². The maximum Gasteiger partial charge on any atom is 0.434 e. The van der Waals surface area contributed by atoms with Crippen LogP contribution in [0.1, 0.15) is 44.1 Å². The van der Waals surface area contributed by atoms with Gasteiger partial charge >= 0.3 is 18.1 Å². The second-order valence-corrected chi connectivity index (χ2v) is 9.68. The number of methoxy groups -OCH3 is 2. The second kappa shape index (κ2) is 11.9. The van der Waals surface area contributed by atoms with E-state index in [1.165, 1.54) is 26.2 Å². The second-order valence-electron chi connectivity index (χ2n) is 7.62. The first-order valence-electron chi connectivity index (χ1n) is 10.3. The summed E-state index contributed by atoms with van der Waals surface area (Å²) in [6.45, 7) is 0. The van der Waals surface area contributed by atoms with Gasteiger partial charge in [0.15, 0.2) is 5.69 Å².